The van der Waals surface area contributed by atoms with E-state index in [0.29, 0.717) is 13.2 Å². The molecule has 1 N–H and O–H groups in total. The Bertz CT molecular complexity index is 772. The van der Waals surface area contributed by atoms with Gasteiger partial charge in [-0.15, -0.1) is 0 Å². The molecule has 0 radical (unpaired) electrons. The lowest BCUT2D eigenvalue weighted by Gasteiger charge is -2.34. The molecule has 2 aromatic rings. The van der Waals surface area contributed by atoms with E-state index in [-0.39, 0.29) is 24.2 Å². The molecule has 0 saturated carbocycles. The van der Waals surface area contributed by atoms with Crippen LogP contribution in [-0.2, 0) is 16.0 Å². The molecular weight excluding hydrogens is 345 g/mol. The molecule has 3 rings (SSSR count). The van der Waals surface area contributed by atoms with Gasteiger partial charge in [0.1, 0.15) is 5.82 Å². The zero-order chi connectivity index (χ0) is 19.1. The Labute approximate surface area is 158 Å². The molecule has 1 heterocycles. The topological polar surface area (TPSA) is 53.9 Å². The summed E-state index contributed by atoms with van der Waals surface area (Å²) in [6, 6.07) is 16.0. The van der Waals surface area contributed by atoms with Crippen LogP contribution in [0.15, 0.2) is 59.7 Å². The molecule has 0 spiro atoms. The van der Waals surface area contributed by atoms with E-state index in [4.69, 9.17) is 4.74 Å². The van der Waals surface area contributed by atoms with Crippen LogP contribution in [0.3, 0.4) is 0 Å². The first kappa shape index (κ1) is 19.2. The third kappa shape index (κ3) is 5.45. The molecule has 1 aliphatic heterocycles. The minimum Gasteiger partial charge on any atom is -0.379 e. The summed E-state index contributed by atoms with van der Waals surface area (Å²) in [7, 11) is 0. The average molecular weight is 369 g/mol. The number of hydrazone groups is 1. The predicted octanol–water partition coefficient (Wildman–Crippen LogP) is 2.93. The van der Waals surface area contributed by atoms with Crippen molar-refractivity contribution in [2.24, 2.45) is 5.10 Å². The summed E-state index contributed by atoms with van der Waals surface area (Å²) in [6.07, 6.45) is 0.157. The molecule has 5 nitrogen and oxygen atoms in total. The fraction of sp³-hybridized carbons (Fsp3) is 0.333. The molecule has 0 aliphatic carbocycles. The number of hydrogen-bond donors (Lipinski definition) is 1. The molecule has 6 heteroatoms. The highest BCUT2D eigenvalue weighted by Crippen LogP contribution is 2.23. The second-order valence-electron chi connectivity index (χ2n) is 6.55. The largest absolute Gasteiger partial charge is 0.379 e. The highest BCUT2D eigenvalue weighted by Gasteiger charge is 2.25. The molecule has 1 amide bonds. The van der Waals surface area contributed by atoms with Crippen molar-refractivity contribution in [2.45, 2.75) is 19.4 Å². The summed E-state index contributed by atoms with van der Waals surface area (Å²) < 4.78 is 18.4. The molecular formula is C21H24FN3O2. The summed E-state index contributed by atoms with van der Waals surface area (Å²) in [5.74, 6) is -0.543. The van der Waals surface area contributed by atoms with Crippen LogP contribution in [0.25, 0.3) is 0 Å². The van der Waals surface area contributed by atoms with E-state index in [1.54, 1.807) is 12.1 Å². The van der Waals surface area contributed by atoms with Gasteiger partial charge in [0, 0.05) is 13.1 Å². The van der Waals surface area contributed by atoms with Gasteiger partial charge in [-0.2, -0.15) is 5.10 Å². The van der Waals surface area contributed by atoms with Gasteiger partial charge in [-0.25, -0.2) is 9.82 Å². The molecule has 0 aromatic heterocycles. The molecule has 0 unspecified atom stereocenters. The van der Waals surface area contributed by atoms with E-state index >= 15 is 0 Å². The van der Waals surface area contributed by atoms with Crippen LogP contribution in [0.1, 0.15) is 24.1 Å². The van der Waals surface area contributed by atoms with Crippen molar-refractivity contribution in [3.63, 3.8) is 0 Å². The van der Waals surface area contributed by atoms with Crippen LogP contribution in [0, 0.1) is 5.82 Å². The monoisotopic (exact) mass is 369 g/mol. The Hall–Kier alpha value is -2.57. The van der Waals surface area contributed by atoms with Crippen molar-refractivity contribution in [2.75, 3.05) is 26.3 Å². The summed E-state index contributed by atoms with van der Waals surface area (Å²) in [4.78, 5) is 14.5. The minimum absolute atomic E-state index is 0.0128. The summed E-state index contributed by atoms with van der Waals surface area (Å²) >= 11 is 0. The zero-order valence-electron chi connectivity index (χ0n) is 15.4. The number of carbonyl (C=O) groups is 1. The number of nitrogens with zero attached hydrogens (tertiary/aromatic N) is 2. The van der Waals surface area contributed by atoms with Crippen molar-refractivity contribution in [1.82, 2.24) is 10.3 Å². The Morgan fingerprint density at radius 3 is 2.48 bits per heavy atom. The quantitative estimate of drug-likeness (QED) is 0.629. The number of nitrogens with one attached hydrogen (secondary N) is 1. The predicted molar refractivity (Wildman–Crippen MR) is 103 cm³/mol. The number of hydrogen-bond acceptors (Lipinski definition) is 4. The maximum Gasteiger partial charge on any atom is 0.244 e. The van der Waals surface area contributed by atoms with Gasteiger partial charge in [0.2, 0.25) is 5.91 Å². The molecule has 1 saturated heterocycles. The molecule has 1 fully saturated rings. The zero-order valence-corrected chi connectivity index (χ0v) is 15.4. The van der Waals surface area contributed by atoms with Gasteiger partial charge in [-0.3, -0.25) is 9.69 Å². The smallest absolute Gasteiger partial charge is 0.244 e. The Balaban J connectivity index is 1.69. The maximum atomic E-state index is 13.0. The van der Waals surface area contributed by atoms with Crippen LogP contribution < -0.4 is 5.43 Å². The number of halogens is 1. The van der Waals surface area contributed by atoms with E-state index < -0.39 is 0 Å². The van der Waals surface area contributed by atoms with Gasteiger partial charge in [0.05, 0.1) is 31.4 Å². The van der Waals surface area contributed by atoms with Crippen molar-refractivity contribution in [3.05, 3.63) is 71.5 Å². The van der Waals surface area contributed by atoms with E-state index in [1.165, 1.54) is 12.1 Å². The van der Waals surface area contributed by atoms with Gasteiger partial charge in [0.15, 0.2) is 0 Å². The van der Waals surface area contributed by atoms with Crippen LogP contribution in [-0.4, -0.2) is 42.8 Å². The van der Waals surface area contributed by atoms with Gasteiger partial charge >= 0.3 is 0 Å². The lowest BCUT2D eigenvalue weighted by Crippen LogP contribution is -2.42. The SMILES string of the molecule is C/C(=N/NC(=O)Cc1ccc(F)cc1)[C@@H](c1ccccc1)N1CCOCC1. The molecule has 1 aliphatic rings. The third-order valence-corrected chi connectivity index (χ3v) is 4.56. The highest BCUT2D eigenvalue weighted by molar-refractivity contribution is 5.90. The van der Waals surface area contributed by atoms with Gasteiger partial charge < -0.3 is 4.74 Å². The van der Waals surface area contributed by atoms with Crippen LogP contribution in [0.2, 0.25) is 0 Å². The summed E-state index contributed by atoms with van der Waals surface area (Å²) in [5, 5.41) is 4.35. The first-order valence-electron chi connectivity index (χ1n) is 9.07. The first-order valence-corrected chi connectivity index (χ1v) is 9.07. The number of carbonyl (C=O) groups excluding carboxylic acids is 1. The number of morpholine rings is 1. The number of rotatable bonds is 6. The maximum absolute atomic E-state index is 13.0. The lowest BCUT2D eigenvalue weighted by molar-refractivity contribution is -0.120. The van der Waals surface area contributed by atoms with Gasteiger partial charge in [0.25, 0.3) is 0 Å². The summed E-state index contributed by atoms with van der Waals surface area (Å²) in [5.41, 5.74) is 5.33. The number of benzene rings is 2. The van der Waals surface area contributed by atoms with E-state index in [0.717, 1.165) is 29.9 Å². The van der Waals surface area contributed by atoms with Crippen molar-refractivity contribution < 1.29 is 13.9 Å². The van der Waals surface area contributed by atoms with Crippen LogP contribution in [0.4, 0.5) is 4.39 Å². The molecule has 27 heavy (non-hydrogen) atoms. The second kappa shape index (κ2) is 9.39. The van der Waals surface area contributed by atoms with Crippen molar-refractivity contribution in [1.29, 1.82) is 0 Å². The Kier molecular flexibility index (Phi) is 6.68. The summed E-state index contributed by atoms with van der Waals surface area (Å²) in [6.45, 7) is 4.93. The average Bonchev–Trinajstić information content (AvgIpc) is 2.70. The van der Waals surface area contributed by atoms with Gasteiger partial charge in [-0.1, -0.05) is 42.5 Å². The second-order valence-corrected chi connectivity index (χ2v) is 6.55. The van der Waals surface area contributed by atoms with E-state index in [9.17, 15) is 9.18 Å². The highest BCUT2D eigenvalue weighted by atomic mass is 19.1. The fourth-order valence-electron chi connectivity index (χ4n) is 3.23. The Morgan fingerprint density at radius 1 is 1.15 bits per heavy atom. The number of ether oxygens (including phenoxy) is 1. The normalized spacial score (nSPS) is 16.7. The lowest BCUT2D eigenvalue weighted by atomic mass is 10.0. The van der Waals surface area contributed by atoms with Crippen molar-refractivity contribution in [3.8, 4) is 0 Å². The standard InChI is InChI=1S/C21H24FN3O2/c1-16(23-24-20(26)15-17-7-9-19(22)10-8-17)21(18-5-3-2-4-6-18)25-11-13-27-14-12-25/h2-10,21H,11-15H2,1H3,(H,24,26)/b23-16-/t21-/m0/s1. The van der Waals surface area contributed by atoms with Crippen molar-refractivity contribution >= 4 is 11.6 Å². The molecule has 1 atom stereocenters. The van der Waals surface area contributed by atoms with E-state index in [2.05, 4.69) is 27.6 Å². The minimum atomic E-state index is -0.316. The number of amides is 1. The molecule has 0 bridgehead atoms. The first-order chi connectivity index (χ1) is 13.1. The molecule has 2 aromatic carbocycles. The fourth-order valence-corrected chi connectivity index (χ4v) is 3.23. The van der Waals surface area contributed by atoms with E-state index in [1.807, 2.05) is 25.1 Å². The van der Waals surface area contributed by atoms with Crippen LogP contribution >= 0.6 is 0 Å². The van der Waals surface area contributed by atoms with Gasteiger partial charge in [-0.05, 0) is 30.2 Å². The van der Waals surface area contributed by atoms with Crippen LogP contribution in [0.5, 0.6) is 0 Å². The Morgan fingerprint density at radius 2 is 1.81 bits per heavy atom. The molecule has 142 valence electrons. The third-order valence-electron chi connectivity index (χ3n) is 4.56.